The highest BCUT2D eigenvalue weighted by Crippen LogP contribution is 2.22. The normalized spacial score (nSPS) is 19.2. The summed E-state index contributed by atoms with van der Waals surface area (Å²) in [6.07, 6.45) is 3.92. The van der Waals surface area contributed by atoms with Gasteiger partial charge in [0, 0.05) is 17.5 Å². The Labute approximate surface area is 108 Å². The molecule has 1 aromatic carbocycles. The van der Waals surface area contributed by atoms with E-state index in [4.69, 9.17) is 11.6 Å². The van der Waals surface area contributed by atoms with Gasteiger partial charge in [-0.2, -0.15) is 0 Å². The standard InChI is InChI=1S/C14H20ClNO/c15-14-6-4-5-12(9-14)13(11-17)10-16-7-2-1-3-8-16/h4-6,9,13,17H,1-3,7-8,10-11H2. The summed E-state index contributed by atoms with van der Waals surface area (Å²) < 4.78 is 0. The summed E-state index contributed by atoms with van der Waals surface area (Å²) >= 11 is 5.99. The van der Waals surface area contributed by atoms with Gasteiger partial charge in [0.1, 0.15) is 0 Å². The summed E-state index contributed by atoms with van der Waals surface area (Å²) in [5.41, 5.74) is 1.14. The number of nitrogens with zero attached hydrogens (tertiary/aromatic N) is 1. The Morgan fingerprint density at radius 1 is 1.24 bits per heavy atom. The van der Waals surface area contributed by atoms with Crippen molar-refractivity contribution in [3.63, 3.8) is 0 Å². The molecule has 1 aliphatic heterocycles. The van der Waals surface area contributed by atoms with Crippen LogP contribution in [0.1, 0.15) is 30.7 Å². The lowest BCUT2D eigenvalue weighted by molar-refractivity contribution is 0.179. The molecule has 0 bridgehead atoms. The highest BCUT2D eigenvalue weighted by atomic mass is 35.5. The zero-order valence-corrected chi connectivity index (χ0v) is 10.9. The summed E-state index contributed by atoms with van der Waals surface area (Å²) in [6, 6.07) is 7.85. The molecule has 2 nitrogen and oxygen atoms in total. The molecule has 1 fully saturated rings. The Morgan fingerprint density at radius 3 is 2.65 bits per heavy atom. The molecule has 0 spiro atoms. The Balaban J connectivity index is 2.00. The minimum Gasteiger partial charge on any atom is -0.396 e. The maximum Gasteiger partial charge on any atom is 0.0512 e. The van der Waals surface area contributed by atoms with Gasteiger partial charge >= 0.3 is 0 Å². The average molecular weight is 254 g/mol. The number of likely N-dealkylation sites (tertiary alicyclic amines) is 1. The molecule has 1 atom stereocenters. The quantitative estimate of drug-likeness (QED) is 0.892. The van der Waals surface area contributed by atoms with Gasteiger partial charge in [-0.1, -0.05) is 30.2 Å². The summed E-state index contributed by atoms with van der Waals surface area (Å²) in [4.78, 5) is 2.45. The van der Waals surface area contributed by atoms with Gasteiger partial charge in [0.15, 0.2) is 0 Å². The van der Waals surface area contributed by atoms with E-state index in [2.05, 4.69) is 11.0 Å². The fourth-order valence-corrected chi connectivity index (χ4v) is 2.68. The molecule has 1 heterocycles. The van der Waals surface area contributed by atoms with Crippen molar-refractivity contribution in [2.75, 3.05) is 26.2 Å². The third kappa shape index (κ3) is 3.70. The summed E-state index contributed by atoms with van der Waals surface area (Å²) in [6.45, 7) is 3.46. The number of benzene rings is 1. The third-order valence-corrected chi connectivity index (χ3v) is 3.70. The van der Waals surface area contributed by atoms with E-state index in [9.17, 15) is 5.11 Å². The Hall–Kier alpha value is -0.570. The van der Waals surface area contributed by atoms with Crippen molar-refractivity contribution in [1.82, 2.24) is 4.90 Å². The maximum atomic E-state index is 9.53. The molecular weight excluding hydrogens is 234 g/mol. The first kappa shape index (κ1) is 12.9. The highest BCUT2D eigenvalue weighted by molar-refractivity contribution is 6.30. The predicted octanol–water partition coefficient (Wildman–Crippen LogP) is 2.90. The van der Waals surface area contributed by atoms with Crippen molar-refractivity contribution in [3.05, 3.63) is 34.9 Å². The first-order valence-electron chi connectivity index (χ1n) is 6.38. The van der Waals surface area contributed by atoms with Crippen LogP contribution in [0, 0.1) is 0 Å². The second kappa shape index (κ2) is 6.39. The molecule has 1 N–H and O–H groups in total. The van der Waals surface area contributed by atoms with E-state index in [1.165, 1.54) is 19.3 Å². The lowest BCUT2D eigenvalue weighted by atomic mass is 9.98. The summed E-state index contributed by atoms with van der Waals surface area (Å²) in [7, 11) is 0. The fraction of sp³-hybridized carbons (Fsp3) is 0.571. The third-order valence-electron chi connectivity index (χ3n) is 3.47. The van der Waals surface area contributed by atoms with Crippen LogP contribution >= 0.6 is 11.6 Å². The number of halogens is 1. The van der Waals surface area contributed by atoms with Gasteiger partial charge in [-0.25, -0.2) is 0 Å². The minimum atomic E-state index is 0.187. The van der Waals surface area contributed by atoms with Crippen LogP contribution in [0.5, 0.6) is 0 Å². The fourth-order valence-electron chi connectivity index (χ4n) is 2.48. The van der Waals surface area contributed by atoms with Crippen LogP contribution in [-0.4, -0.2) is 36.2 Å². The Kier molecular flexibility index (Phi) is 4.84. The van der Waals surface area contributed by atoms with E-state index in [-0.39, 0.29) is 12.5 Å². The predicted molar refractivity (Wildman–Crippen MR) is 71.6 cm³/mol. The van der Waals surface area contributed by atoms with Gasteiger partial charge in [0.25, 0.3) is 0 Å². The van der Waals surface area contributed by atoms with Crippen molar-refractivity contribution in [2.24, 2.45) is 0 Å². The zero-order chi connectivity index (χ0) is 12.1. The summed E-state index contributed by atoms with van der Waals surface area (Å²) in [5.74, 6) is 0.187. The van der Waals surface area contributed by atoms with Gasteiger partial charge in [-0.05, 0) is 43.6 Å². The van der Waals surface area contributed by atoms with Crippen LogP contribution in [0.3, 0.4) is 0 Å². The highest BCUT2D eigenvalue weighted by Gasteiger charge is 2.17. The number of aliphatic hydroxyl groups is 1. The summed E-state index contributed by atoms with van der Waals surface area (Å²) in [5, 5.41) is 10.3. The molecule has 1 aromatic rings. The lowest BCUT2D eigenvalue weighted by Crippen LogP contribution is -2.34. The second-order valence-electron chi connectivity index (χ2n) is 4.80. The van der Waals surface area contributed by atoms with E-state index in [1.54, 1.807) is 0 Å². The molecule has 0 saturated carbocycles. The number of hydrogen-bond acceptors (Lipinski definition) is 2. The molecular formula is C14H20ClNO. The zero-order valence-electron chi connectivity index (χ0n) is 10.1. The molecule has 0 amide bonds. The van der Waals surface area contributed by atoms with Crippen molar-refractivity contribution in [2.45, 2.75) is 25.2 Å². The molecule has 17 heavy (non-hydrogen) atoms. The first-order valence-corrected chi connectivity index (χ1v) is 6.76. The second-order valence-corrected chi connectivity index (χ2v) is 5.23. The van der Waals surface area contributed by atoms with Crippen LogP contribution in [0.15, 0.2) is 24.3 Å². The molecule has 1 aliphatic rings. The van der Waals surface area contributed by atoms with Gasteiger partial charge in [0.05, 0.1) is 6.61 Å². The van der Waals surface area contributed by atoms with Crippen LogP contribution in [-0.2, 0) is 0 Å². The Morgan fingerprint density at radius 2 is 2.00 bits per heavy atom. The average Bonchev–Trinajstić information content (AvgIpc) is 2.37. The molecule has 2 rings (SSSR count). The molecule has 3 heteroatoms. The molecule has 94 valence electrons. The largest absolute Gasteiger partial charge is 0.396 e. The van der Waals surface area contributed by atoms with E-state index in [0.717, 1.165) is 30.2 Å². The van der Waals surface area contributed by atoms with Gasteiger partial charge in [-0.15, -0.1) is 0 Å². The van der Waals surface area contributed by atoms with Gasteiger partial charge in [-0.3, -0.25) is 0 Å². The van der Waals surface area contributed by atoms with Crippen LogP contribution < -0.4 is 0 Å². The lowest BCUT2D eigenvalue weighted by Gasteiger charge is -2.30. The topological polar surface area (TPSA) is 23.5 Å². The van der Waals surface area contributed by atoms with Crippen molar-refractivity contribution in [3.8, 4) is 0 Å². The van der Waals surface area contributed by atoms with Gasteiger partial charge in [0.2, 0.25) is 0 Å². The number of piperidine rings is 1. The molecule has 1 unspecified atom stereocenters. The SMILES string of the molecule is OCC(CN1CCCCC1)c1cccc(Cl)c1. The molecule has 1 saturated heterocycles. The number of rotatable bonds is 4. The van der Waals surface area contributed by atoms with Crippen molar-refractivity contribution in [1.29, 1.82) is 0 Å². The van der Waals surface area contributed by atoms with E-state index < -0.39 is 0 Å². The van der Waals surface area contributed by atoms with Crippen molar-refractivity contribution >= 4 is 11.6 Å². The first-order chi connectivity index (χ1) is 8.29. The van der Waals surface area contributed by atoms with Crippen LogP contribution in [0.2, 0.25) is 5.02 Å². The Bertz CT molecular complexity index is 350. The minimum absolute atomic E-state index is 0.187. The number of aliphatic hydroxyl groups excluding tert-OH is 1. The van der Waals surface area contributed by atoms with Crippen LogP contribution in [0.25, 0.3) is 0 Å². The van der Waals surface area contributed by atoms with E-state index >= 15 is 0 Å². The smallest absolute Gasteiger partial charge is 0.0512 e. The van der Waals surface area contributed by atoms with E-state index in [1.807, 2.05) is 18.2 Å². The molecule has 0 aliphatic carbocycles. The monoisotopic (exact) mass is 253 g/mol. The van der Waals surface area contributed by atoms with Crippen LogP contribution in [0.4, 0.5) is 0 Å². The van der Waals surface area contributed by atoms with E-state index in [0.29, 0.717) is 0 Å². The molecule has 0 radical (unpaired) electrons. The maximum absolute atomic E-state index is 9.53. The molecule has 0 aromatic heterocycles. The van der Waals surface area contributed by atoms with Crippen molar-refractivity contribution < 1.29 is 5.11 Å². The number of hydrogen-bond donors (Lipinski definition) is 1. The van der Waals surface area contributed by atoms with Gasteiger partial charge < -0.3 is 10.0 Å².